The summed E-state index contributed by atoms with van der Waals surface area (Å²) in [4.78, 5) is 8.45. The van der Waals surface area contributed by atoms with Crippen molar-refractivity contribution in [2.75, 3.05) is 13.1 Å². The van der Waals surface area contributed by atoms with E-state index in [1.165, 1.54) is 41.9 Å². The van der Waals surface area contributed by atoms with Crippen LogP contribution >= 0.6 is 11.3 Å². The summed E-state index contributed by atoms with van der Waals surface area (Å²) in [6, 6.07) is 9.52. The van der Waals surface area contributed by atoms with Gasteiger partial charge in [0.2, 0.25) is 0 Å². The molecule has 0 N–H and O–H groups in total. The molecule has 3 heteroatoms. The van der Waals surface area contributed by atoms with Gasteiger partial charge in [-0.1, -0.05) is 18.2 Å². The molecule has 1 atom stereocenters. The minimum Gasteiger partial charge on any atom is -0.297 e. The number of rotatable bonds is 3. The van der Waals surface area contributed by atoms with E-state index < -0.39 is 0 Å². The van der Waals surface area contributed by atoms with Crippen molar-refractivity contribution in [3.05, 3.63) is 40.5 Å². The predicted octanol–water partition coefficient (Wildman–Crippen LogP) is 4.58. The molecular formula is C17H22N2S. The van der Waals surface area contributed by atoms with Crippen molar-refractivity contribution in [3.8, 4) is 10.4 Å². The summed E-state index contributed by atoms with van der Waals surface area (Å²) in [5, 5.41) is 1.15. The van der Waals surface area contributed by atoms with Crippen LogP contribution in [0.25, 0.3) is 10.4 Å². The SMILES string of the molecule is Cc1nc(C)c(-c2cccc([C@@H](C)N3CCCC3)c2)s1. The van der Waals surface area contributed by atoms with Crippen LogP contribution in [0.15, 0.2) is 24.3 Å². The van der Waals surface area contributed by atoms with Crippen LogP contribution in [0.5, 0.6) is 0 Å². The number of thiazole rings is 1. The Hall–Kier alpha value is -1.19. The second kappa shape index (κ2) is 5.66. The van der Waals surface area contributed by atoms with E-state index in [4.69, 9.17) is 0 Å². The number of aromatic nitrogens is 1. The van der Waals surface area contributed by atoms with Crippen LogP contribution in [0.4, 0.5) is 0 Å². The van der Waals surface area contributed by atoms with Crippen molar-refractivity contribution in [2.24, 2.45) is 0 Å². The summed E-state index contributed by atoms with van der Waals surface area (Å²) in [7, 11) is 0. The molecule has 2 aromatic rings. The summed E-state index contributed by atoms with van der Waals surface area (Å²) >= 11 is 1.80. The molecule has 0 spiro atoms. The lowest BCUT2D eigenvalue weighted by molar-refractivity contribution is 0.263. The van der Waals surface area contributed by atoms with Gasteiger partial charge in [-0.05, 0) is 63.9 Å². The van der Waals surface area contributed by atoms with Crippen LogP contribution in [0.1, 0.15) is 42.1 Å². The molecule has 0 unspecified atom stereocenters. The van der Waals surface area contributed by atoms with Gasteiger partial charge in [-0.3, -0.25) is 4.90 Å². The van der Waals surface area contributed by atoms with E-state index in [-0.39, 0.29) is 0 Å². The third-order valence-electron chi connectivity index (χ3n) is 4.22. The Labute approximate surface area is 125 Å². The molecule has 0 aliphatic carbocycles. The molecule has 1 aliphatic rings. The van der Waals surface area contributed by atoms with Crippen molar-refractivity contribution >= 4 is 11.3 Å². The Morgan fingerprint density at radius 1 is 1.20 bits per heavy atom. The van der Waals surface area contributed by atoms with Crippen molar-refractivity contribution in [1.82, 2.24) is 9.88 Å². The third-order valence-corrected chi connectivity index (χ3v) is 5.35. The highest BCUT2D eigenvalue weighted by Gasteiger charge is 2.20. The zero-order valence-corrected chi connectivity index (χ0v) is 13.3. The molecule has 2 nitrogen and oxygen atoms in total. The summed E-state index contributed by atoms with van der Waals surface area (Å²) in [5.74, 6) is 0. The van der Waals surface area contributed by atoms with Gasteiger partial charge < -0.3 is 0 Å². The largest absolute Gasteiger partial charge is 0.297 e. The molecule has 0 bridgehead atoms. The van der Waals surface area contributed by atoms with Gasteiger partial charge in [0.25, 0.3) is 0 Å². The fourth-order valence-corrected chi connectivity index (χ4v) is 3.99. The third kappa shape index (κ3) is 2.65. The topological polar surface area (TPSA) is 16.1 Å². The number of aryl methyl sites for hydroxylation is 2. The van der Waals surface area contributed by atoms with E-state index in [9.17, 15) is 0 Å². The molecule has 1 aliphatic heterocycles. The maximum Gasteiger partial charge on any atom is 0.0903 e. The summed E-state index contributed by atoms with van der Waals surface area (Å²) in [6.45, 7) is 9.00. The molecule has 1 fully saturated rings. The number of likely N-dealkylation sites (tertiary alicyclic amines) is 1. The average Bonchev–Trinajstić information content (AvgIpc) is 3.08. The Bertz CT molecular complexity index is 597. The maximum absolute atomic E-state index is 4.55. The van der Waals surface area contributed by atoms with Crippen molar-refractivity contribution < 1.29 is 0 Å². The van der Waals surface area contributed by atoms with E-state index in [1.807, 2.05) is 0 Å². The molecule has 1 aromatic heterocycles. The van der Waals surface area contributed by atoms with E-state index >= 15 is 0 Å². The van der Waals surface area contributed by atoms with Gasteiger partial charge in [-0.25, -0.2) is 4.98 Å². The molecule has 0 radical (unpaired) electrons. The second-order valence-electron chi connectivity index (χ2n) is 5.69. The van der Waals surface area contributed by atoms with Gasteiger partial charge in [0, 0.05) is 6.04 Å². The van der Waals surface area contributed by atoms with Gasteiger partial charge in [0.15, 0.2) is 0 Å². The number of hydrogen-bond acceptors (Lipinski definition) is 3. The number of nitrogens with zero attached hydrogens (tertiary/aromatic N) is 2. The van der Waals surface area contributed by atoms with E-state index in [2.05, 4.69) is 54.9 Å². The molecule has 3 rings (SSSR count). The van der Waals surface area contributed by atoms with E-state index in [0.717, 1.165) is 10.7 Å². The smallest absolute Gasteiger partial charge is 0.0903 e. The minimum absolute atomic E-state index is 0.520. The first kappa shape index (κ1) is 13.8. The maximum atomic E-state index is 4.55. The molecule has 20 heavy (non-hydrogen) atoms. The van der Waals surface area contributed by atoms with Crippen LogP contribution in [0.2, 0.25) is 0 Å². The minimum atomic E-state index is 0.520. The first-order chi connectivity index (χ1) is 9.65. The molecule has 1 aromatic carbocycles. The Morgan fingerprint density at radius 3 is 2.60 bits per heavy atom. The van der Waals surface area contributed by atoms with Gasteiger partial charge in [0.05, 0.1) is 15.6 Å². The zero-order valence-electron chi connectivity index (χ0n) is 12.5. The highest BCUT2D eigenvalue weighted by molar-refractivity contribution is 7.15. The van der Waals surface area contributed by atoms with Gasteiger partial charge >= 0.3 is 0 Å². The predicted molar refractivity (Wildman–Crippen MR) is 86.2 cm³/mol. The molecule has 1 saturated heterocycles. The Balaban J connectivity index is 1.91. The fraction of sp³-hybridized carbons (Fsp3) is 0.471. The van der Waals surface area contributed by atoms with Crippen LogP contribution in [0.3, 0.4) is 0 Å². The lowest BCUT2D eigenvalue weighted by atomic mass is 10.0. The van der Waals surface area contributed by atoms with Crippen molar-refractivity contribution in [1.29, 1.82) is 0 Å². The molecule has 0 amide bonds. The van der Waals surface area contributed by atoms with Gasteiger partial charge in [-0.2, -0.15) is 0 Å². The standard InChI is InChI=1S/C17H22N2S/c1-12-17(20-14(3)18-12)16-8-6-7-15(11-16)13(2)19-9-4-5-10-19/h6-8,11,13H,4-5,9-10H2,1-3H3/t13-/m1/s1. The van der Waals surface area contributed by atoms with E-state index in [0.29, 0.717) is 6.04 Å². The van der Waals surface area contributed by atoms with Crippen LogP contribution < -0.4 is 0 Å². The quantitative estimate of drug-likeness (QED) is 0.820. The molecule has 2 heterocycles. The highest BCUT2D eigenvalue weighted by atomic mass is 32.1. The van der Waals surface area contributed by atoms with Gasteiger partial charge in [-0.15, -0.1) is 11.3 Å². The molecule has 106 valence electrons. The summed E-state index contributed by atoms with van der Waals surface area (Å²) in [6.07, 6.45) is 2.69. The summed E-state index contributed by atoms with van der Waals surface area (Å²) < 4.78 is 0. The Kier molecular flexibility index (Phi) is 3.90. The lowest BCUT2D eigenvalue weighted by Crippen LogP contribution is -2.23. The van der Waals surface area contributed by atoms with Gasteiger partial charge in [0.1, 0.15) is 0 Å². The second-order valence-corrected chi connectivity index (χ2v) is 6.90. The molecular weight excluding hydrogens is 264 g/mol. The fourth-order valence-electron chi connectivity index (χ4n) is 3.08. The van der Waals surface area contributed by atoms with Crippen LogP contribution in [0, 0.1) is 13.8 Å². The van der Waals surface area contributed by atoms with Crippen LogP contribution in [-0.2, 0) is 0 Å². The molecule has 0 saturated carbocycles. The zero-order chi connectivity index (χ0) is 14.1. The normalized spacial score (nSPS) is 17.6. The summed E-state index contributed by atoms with van der Waals surface area (Å²) in [5.41, 5.74) is 3.89. The van der Waals surface area contributed by atoms with Crippen LogP contribution in [-0.4, -0.2) is 23.0 Å². The monoisotopic (exact) mass is 286 g/mol. The first-order valence-corrected chi connectivity index (χ1v) is 8.25. The first-order valence-electron chi connectivity index (χ1n) is 7.43. The highest BCUT2D eigenvalue weighted by Crippen LogP contribution is 2.32. The number of hydrogen-bond donors (Lipinski definition) is 0. The van der Waals surface area contributed by atoms with Crippen molar-refractivity contribution in [2.45, 2.75) is 39.7 Å². The van der Waals surface area contributed by atoms with E-state index in [1.54, 1.807) is 11.3 Å². The number of benzene rings is 1. The van der Waals surface area contributed by atoms with Crippen molar-refractivity contribution in [3.63, 3.8) is 0 Å². The average molecular weight is 286 g/mol. The Morgan fingerprint density at radius 2 is 1.95 bits per heavy atom. The lowest BCUT2D eigenvalue weighted by Gasteiger charge is -2.24.